The van der Waals surface area contributed by atoms with E-state index in [1.807, 2.05) is 6.07 Å². The van der Waals surface area contributed by atoms with Crippen LogP contribution in [0.2, 0.25) is 0 Å². The summed E-state index contributed by atoms with van der Waals surface area (Å²) >= 11 is 0. The Morgan fingerprint density at radius 3 is 2.67 bits per heavy atom. The van der Waals surface area contributed by atoms with Gasteiger partial charge in [0.2, 0.25) is 0 Å². The number of fused-ring (bicyclic) bond motifs is 1. The molecule has 2 aliphatic rings. The molecule has 1 fully saturated rings. The van der Waals surface area contributed by atoms with E-state index in [2.05, 4.69) is 11.4 Å². The number of nitrogens with one attached hydrogen (secondary N) is 1. The van der Waals surface area contributed by atoms with Crippen molar-refractivity contribution < 1.29 is 5.11 Å². The van der Waals surface area contributed by atoms with Crippen molar-refractivity contribution in [3.63, 3.8) is 0 Å². The lowest BCUT2D eigenvalue weighted by molar-refractivity contribution is 0.397. The lowest BCUT2D eigenvalue weighted by Crippen LogP contribution is -2.35. The van der Waals surface area contributed by atoms with Gasteiger partial charge in [0, 0.05) is 6.04 Å². The van der Waals surface area contributed by atoms with Gasteiger partial charge in [-0.15, -0.1) is 0 Å². The third kappa shape index (κ3) is 2.39. The molecule has 0 aromatic heterocycles. The fourth-order valence-electron chi connectivity index (χ4n) is 3.48. The summed E-state index contributed by atoms with van der Waals surface area (Å²) in [6, 6.07) is 4.70. The minimum atomic E-state index is 0.519. The van der Waals surface area contributed by atoms with Gasteiger partial charge in [0.25, 0.3) is 0 Å². The maximum atomic E-state index is 9.97. The van der Waals surface area contributed by atoms with Crippen LogP contribution in [0.4, 0.5) is 0 Å². The fraction of sp³-hybridized carbons (Fsp3) is 0.625. The topological polar surface area (TPSA) is 32.3 Å². The number of phenolic OH excluding ortho intramolecular Hbond substituents is 1. The van der Waals surface area contributed by atoms with Gasteiger partial charge in [0.15, 0.2) is 0 Å². The van der Waals surface area contributed by atoms with E-state index >= 15 is 0 Å². The Balaban J connectivity index is 1.82. The van der Waals surface area contributed by atoms with Gasteiger partial charge < -0.3 is 10.4 Å². The highest BCUT2D eigenvalue weighted by Gasteiger charge is 2.20. The Labute approximate surface area is 109 Å². The Kier molecular flexibility index (Phi) is 3.55. The summed E-state index contributed by atoms with van der Waals surface area (Å²) < 4.78 is 0. The van der Waals surface area contributed by atoms with Gasteiger partial charge in [-0.3, -0.25) is 0 Å². The lowest BCUT2D eigenvalue weighted by Gasteiger charge is -2.26. The van der Waals surface area contributed by atoms with Crippen LogP contribution < -0.4 is 5.32 Å². The Morgan fingerprint density at radius 2 is 1.89 bits per heavy atom. The molecular weight excluding hydrogens is 222 g/mol. The summed E-state index contributed by atoms with van der Waals surface area (Å²) in [5, 5.41) is 13.6. The highest BCUT2D eigenvalue weighted by atomic mass is 16.3. The van der Waals surface area contributed by atoms with Crippen LogP contribution in [0.5, 0.6) is 5.75 Å². The predicted molar refractivity (Wildman–Crippen MR) is 74.1 cm³/mol. The molecule has 2 heteroatoms. The zero-order valence-corrected chi connectivity index (χ0v) is 11.0. The van der Waals surface area contributed by atoms with Crippen LogP contribution in [0.1, 0.15) is 48.8 Å². The molecule has 2 N–H and O–H groups in total. The zero-order chi connectivity index (χ0) is 12.4. The summed E-state index contributed by atoms with van der Waals surface area (Å²) in [6.07, 6.45) is 9.85. The van der Waals surface area contributed by atoms with Crippen molar-refractivity contribution in [2.45, 2.75) is 57.4 Å². The van der Waals surface area contributed by atoms with Crippen LogP contribution in [0.15, 0.2) is 12.1 Å². The van der Waals surface area contributed by atoms with Crippen molar-refractivity contribution in [3.8, 4) is 5.75 Å². The van der Waals surface area contributed by atoms with Crippen molar-refractivity contribution in [1.29, 1.82) is 0 Å². The zero-order valence-electron chi connectivity index (χ0n) is 11.0. The van der Waals surface area contributed by atoms with E-state index in [1.54, 1.807) is 0 Å². The normalized spacial score (nSPS) is 23.7. The fourth-order valence-corrected chi connectivity index (χ4v) is 3.48. The minimum Gasteiger partial charge on any atom is -0.508 e. The molecule has 1 aromatic rings. The molecule has 1 saturated heterocycles. The third-order valence-corrected chi connectivity index (χ3v) is 4.49. The number of piperidine rings is 1. The first-order chi connectivity index (χ1) is 8.84. The van der Waals surface area contributed by atoms with E-state index < -0.39 is 0 Å². The monoisotopic (exact) mass is 245 g/mol. The van der Waals surface area contributed by atoms with Crippen molar-refractivity contribution in [2.75, 3.05) is 6.54 Å². The van der Waals surface area contributed by atoms with Crippen molar-refractivity contribution in [2.24, 2.45) is 0 Å². The molecule has 0 spiro atoms. The second-order valence-corrected chi connectivity index (χ2v) is 5.76. The third-order valence-electron chi connectivity index (χ3n) is 4.49. The standard InChI is InChI=1S/C16H23NO/c18-16-9-8-12(11-13-5-3-4-10-17-13)14-6-1-2-7-15(14)16/h8-9,13,17-18H,1-7,10-11H2. The number of hydrogen-bond donors (Lipinski definition) is 2. The maximum Gasteiger partial charge on any atom is 0.119 e. The van der Waals surface area contributed by atoms with E-state index in [0.717, 1.165) is 19.3 Å². The highest BCUT2D eigenvalue weighted by molar-refractivity contribution is 5.46. The molecule has 1 aliphatic carbocycles. The molecule has 1 unspecified atom stereocenters. The smallest absolute Gasteiger partial charge is 0.119 e. The van der Waals surface area contributed by atoms with Crippen LogP contribution in [-0.4, -0.2) is 17.7 Å². The van der Waals surface area contributed by atoms with Gasteiger partial charge in [0.05, 0.1) is 0 Å². The van der Waals surface area contributed by atoms with E-state index in [4.69, 9.17) is 0 Å². The quantitative estimate of drug-likeness (QED) is 0.839. The molecule has 3 rings (SSSR count). The Morgan fingerprint density at radius 1 is 1.06 bits per heavy atom. The van der Waals surface area contributed by atoms with Gasteiger partial charge in [-0.05, 0) is 74.2 Å². The molecule has 1 heterocycles. The van der Waals surface area contributed by atoms with Crippen LogP contribution >= 0.6 is 0 Å². The van der Waals surface area contributed by atoms with E-state index in [9.17, 15) is 5.11 Å². The van der Waals surface area contributed by atoms with Crippen LogP contribution in [0.25, 0.3) is 0 Å². The predicted octanol–water partition coefficient (Wildman–Crippen LogP) is 2.96. The first-order valence-electron chi connectivity index (χ1n) is 7.40. The van der Waals surface area contributed by atoms with Gasteiger partial charge in [0.1, 0.15) is 5.75 Å². The molecule has 1 atom stereocenters. The first-order valence-corrected chi connectivity index (χ1v) is 7.40. The number of benzene rings is 1. The van der Waals surface area contributed by atoms with Crippen molar-refractivity contribution in [1.82, 2.24) is 5.32 Å². The van der Waals surface area contributed by atoms with Gasteiger partial charge in [-0.25, -0.2) is 0 Å². The molecule has 0 amide bonds. The summed E-state index contributed by atoms with van der Waals surface area (Å²) in [4.78, 5) is 0. The molecule has 98 valence electrons. The summed E-state index contributed by atoms with van der Waals surface area (Å²) in [5.41, 5.74) is 4.16. The van der Waals surface area contributed by atoms with Gasteiger partial charge in [-0.1, -0.05) is 12.5 Å². The molecule has 18 heavy (non-hydrogen) atoms. The molecule has 1 aromatic carbocycles. The molecule has 0 bridgehead atoms. The summed E-state index contributed by atoms with van der Waals surface area (Å²) in [5.74, 6) is 0.519. The van der Waals surface area contributed by atoms with E-state index in [1.165, 1.54) is 55.3 Å². The Bertz CT molecular complexity index is 421. The summed E-state index contributed by atoms with van der Waals surface area (Å²) in [7, 11) is 0. The average molecular weight is 245 g/mol. The van der Waals surface area contributed by atoms with Crippen LogP contribution in [0, 0.1) is 0 Å². The average Bonchev–Trinajstić information content (AvgIpc) is 2.44. The van der Waals surface area contributed by atoms with E-state index in [-0.39, 0.29) is 0 Å². The first kappa shape index (κ1) is 12.0. The largest absolute Gasteiger partial charge is 0.508 e. The van der Waals surface area contributed by atoms with Crippen LogP contribution in [-0.2, 0) is 19.3 Å². The Hall–Kier alpha value is -1.02. The van der Waals surface area contributed by atoms with E-state index in [0.29, 0.717) is 11.8 Å². The molecular formula is C16H23NO. The SMILES string of the molecule is Oc1ccc(CC2CCCCN2)c2c1CCCC2. The second-order valence-electron chi connectivity index (χ2n) is 5.76. The second kappa shape index (κ2) is 5.31. The number of hydrogen-bond acceptors (Lipinski definition) is 2. The molecule has 1 aliphatic heterocycles. The number of rotatable bonds is 2. The number of phenols is 1. The number of aromatic hydroxyl groups is 1. The molecule has 0 radical (unpaired) electrons. The van der Waals surface area contributed by atoms with Crippen LogP contribution in [0.3, 0.4) is 0 Å². The molecule has 0 saturated carbocycles. The van der Waals surface area contributed by atoms with Crippen molar-refractivity contribution >= 4 is 0 Å². The van der Waals surface area contributed by atoms with Crippen molar-refractivity contribution in [3.05, 3.63) is 28.8 Å². The maximum absolute atomic E-state index is 9.97. The van der Waals surface area contributed by atoms with Gasteiger partial charge in [-0.2, -0.15) is 0 Å². The van der Waals surface area contributed by atoms with Gasteiger partial charge >= 0.3 is 0 Å². The lowest BCUT2D eigenvalue weighted by atomic mass is 9.85. The molecule has 2 nitrogen and oxygen atoms in total. The minimum absolute atomic E-state index is 0.519. The summed E-state index contributed by atoms with van der Waals surface area (Å²) in [6.45, 7) is 1.17. The highest BCUT2D eigenvalue weighted by Crippen LogP contribution is 2.32.